The van der Waals surface area contributed by atoms with Crippen molar-refractivity contribution in [2.24, 2.45) is 5.92 Å². The van der Waals surface area contributed by atoms with Gasteiger partial charge in [-0.05, 0) is 311 Å². The molecule has 3 aliphatic heterocycles. The molecule has 12 rings (SSSR count). The average Bonchev–Trinajstić information content (AvgIpc) is 0.771. The van der Waals surface area contributed by atoms with E-state index in [1.165, 1.54) is 230 Å². The highest BCUT2D eigenvalue weighted by atomic mass is 35.5. The molecule has 0 spiro atoms. The molecule has 28 nitrogen and oxygen atoms in total. The molecule has 149 heavy (non-hydrogen) atoms. The second-order valence-corrected chi connectivity index (χ2v) is 57.2. The van der Waals surface area contributed by atoms with E-state index in [2.05, 4.69) is 21.3 Å². The number of nitrogens with zero attached hydrogens (tertiary/aromatic N) is 3. The number of benzene rings is 9. The molecular formula is C106H130Cl7F2N7O21S6. The molecule has 0 bridgehead atoms. The highest BCUT2D eigenvalue weighted by molar-refractivity contribution is 7.95. The lowest BCUT2D eigenvalue weighted by Gasteiger charge is -2.38. The molecular weight excluding hydrogens is 2190 g/mol. The Labute approximate surface area is 910 Å². The molecule has 3 fully saturated rings. The lowest BCUT2D eigenvalue weighted by Crippen LogP contribution is -2.57. The van der Waals surface area contributed by atoms with Gasteiger partial charge in [-0.2, -0.15) is 0 Å². The van der Waals surface area contributed by atoms with Gasteiger partial charge < -0.3 is 45.4 Å². The van der Waals surface area contributed by atoms with Crippen LogP contribution in [0.5, 0.6) is 0 Å². The third kappa shape index (κ3) is 33.9. The predicted octanol–water partition coefficient (Wildman–Crippen LogP) is 18.8. The molecule has 3 heterocycles. The van der Waals surface area contributed by atoms with Crippen LogP contribution in [0.1, 0.15) is 152 Å². The Morgan fingerprint density at radius 2 is 0.644 bits per heavy atom. The van der Waals surface area contributed by atoms with Crippen LogP contribution in [0.15, 0.2) is 243 Å². The number of carbonyl (C=O) groups is 7. The Morgan fingerprint density at radius 3 is 0.953 bits per heavy atom. The van der Waals surface area contributed by atoms with Crippen LogP contribution in [0, 0.1) is 17.6 Å². The fraction of sp³-hybridized carbons (Fsp3) is 0.425. The van der Waals surface area contributed by atoms with Crippen LogP contribution in [-0.4, -0.2) is 232 Å². The van der Waals surface area contributed by atoms with Crippen LogP contribution in [0.4, 0.5) is 13.6 Å². The molecule has 3 saturated heterocycles. The fourth-order valence-electron chi connectivity index (χ4n) is 14.9. The SMILES string of the molecule is CC(C)(C(=O)CCCc1ccccc1)S(=O)(=O)CC1CCOCC1.CC(C)(C(=O)N1CCNCC1)S(=O)(=O)c1ccc(Cl)cc1.CC(C)(C(=O)NCCc1c(F)cccc1Cl)S(=O)(=O)c1ccc(Cl)cc1.CC(C)(C(=O)NCCc1c(F)cccc1Cl)S(=O)(=O)c1ccc(Cl)cc1.CC(C)(C(=O)NCCc1ccccc1)S(=O)(=O)c1ccc(Cl)cc1.CC(C)(C)OC(=O)N1CCN(C(=O)C(C)(C)S(=O)(=O)c2ccc(Cl)cc2)CC1. The number of halogens is 9. The minimum absolute atomic E-state index is 0.000742. The van der Waals surface area contributed by atoms with Crippen molar-refractivity contribution in [3.8, 4) is 0 Å². The molecule has 6 amide bonds. The number of ether oxygens (including phenoxy) is 2. The zero-order valence-corrected chi connectivity index (χ0v) is 95.9. The third-order valence-electron chi connectivity index (χ3n) is 25.2. The zero-order valence-electron chi connectivity index (χ0n) is 85.7. The number of rotatable bonds is 32. The van der Waals surface area contributed by atoms with Crippen molar-refractivity contribution in [1.29, 1.82) is 0 Å². The standard InChI is InChI=1S/C19H27ClN2O5S.C19H28O4S.2C18H18Cl2FNO3S.C18H20ClNO3S.C14H19ClN2O3S/c1-18(2,3)27-17(24)22-12-10-21(11-13-22)16(23)19(4,5)28(25,26)15-8-6-14(20)7-9-15;1-19(2,24(21,22)15-17-11-13-23-14-12-17)18(20)10-6-9-16-7-4-3-5-8-16;2*1-18(2,26(24,25)13-8-6-12(19)7-9-13)17(23)22-11-10-14-15(20)4-3-5-16(14)21;1-18(2,24(22,23)16-10-8-15(19)9-11-16)17(21)20-13-12-14-6-4-3-5-7-14;1-14(2,13(18)17-9-7-16-8-10-17)21(19,20)12-5-3-11(15)4-6-12/h6-9H,10-13H2,1-5H3;3-5,7-8,17H,6,9-15H2,1-2H3;2*3-9H,10-11H2,1-2H3,(H,22,23);3-11H,12-13H2,1-2H3,(H,20,21);3-6,16H,7-10H2,1-2H3. The van der Waals surface area contributed by atoms with Gasteiger partial charge in [0.1, 0.15) is 45.7 Å². The number of amides is 6. The lowest BCUT2D eigenvalue weighted by atomic mass is 10.0. The number of nitrogens with one attached hydrogen (secondary N) is 4. The van der Waals surface area contributed by atoms with E-state index in [9.17, 15) is 92.8 Å². The Balaban J connectivity index is 0.000000242. The number of carbonyl (C=O) groups excluding carboxylic acids is 7. The van der Waals surface area contributed by atoms with E-state index in [0.29, 0.717) is 90.3 Å². The third-order valence-corrected chi connectivity index (χ3v) is 42.0. The average molecular weight is 2320 g/mol. The first-order valence-electron chi connectivity index (χ1n) is 47.6. The highest BCUT2D eigenvalue weighted by Gasteiger charge is 2.50. The van der Waals surface area contributed by atoms with E-state index < -0.39 is 134 Å². The number of piperazine rings is 2. The quantitative estimate of drug-likeness (QED) is 0.0304. The summed E-state index contributed by atoms with van der Waals surface area (Å²) in [5.41, 5.74) is 2.20. The Morgan fingerprint density at radius 1 is 0.356 bits per heavy atom. The number of sulfone groups is 6. The van der Waals surface area contributed by atoms with Gasteiger partial charge in [-0.25, -0.2) is 64.1 Å². The van der Waals surface area contributed by atoms with Gasteiger partial charge in [-0.15, -0.1) is 0 Å². The number of hydrogen-bond acceptors (Lipinski definition) is 22. The maximum absolute atomic E-state index is 13.7. The van der Waals surface area contributed by atoms with Gasteiger partial charge >= 0.3 is 6.09 Å². The summed E-state index contributed by atoms with van der Waals surface area (Å²) in [5, 5.41) is 13.6. The molecule has 0 aliphatic carbocycles. The molecule has 0 unspecified atom stereocenters. The normalized spacial score (nSPS) is 14.2. The Kier molecular flexibility index (Phi) is 46.4. The number of aryl methyl sites for hydroxylation is 1. The van der Waals surface area contributed by atoms with E-state index in [1.807, 2.05) is 60.7 Å². The van der Waals surface area contributed by atoms with Gasteiger partial charge in [0.25, 0.3) is 0 Å². The van der Waals surface area contributed by atoms with Crippen LogP contribution in [0.2, 0.25) is 35.2 Å². The number of hydrogen-bond donors (Lipinski definition) is 4. The van der Waals surface area contributed by atoms with Gasteiger partial charge in [-0.3, -0.25) is 28.8 Å². The van der Waals surface area contributed by atoms with Crippen molar-refractivity contribution in [2.45, 2.75) is 214 Å². The van der Waals surface area contributed by atoms with Crippen molar-refractivity contribution in [3.63, 3.8) is 0 Å². The summed E-state index contributed by atoms with van der Waals surface area (Å²) in [4.78, 5) is 92.5. The maximum Gasteiger partial charge on any atom is 0.410 e. The maximum atomic E-state index is 13.7. The molecule has 43 heteroatoms. The molecule has 814 valence electrons. The van der Waals surface area contributed by atoms with Gasteiger partial charge in [0, 0.05) is 138 Å². The lowest BCUT2D eigenvalue weighted by molar-refractivity contribution is -0.135. The molecule has 0 atom stereocenters. The summed E-state index contributed by atoms with van der Waals surface area (Å²) in [5.74, 6) is -3.66. The summed E-state index contributed by atoms with van der Waals surface area (Å²) in [6.07, 6.45) is 3.80. The molecule has 0 saturated carbocycles. The first kappa shape index (κ1) is 127. The van der Waals surface area contributed by atoms with Crippen molar-refractivity contribution in [2.75, 3.05) is 91.0 Å². The van der Waals surface area contributed by atoms with Gasteiger partial charge in [-0.1, -0.05) is 154 Å². The first-order chi connectivity index (χ1) is 69.2. The van der Waals surface area contributed by atoms with E-state index in [4.69, 9.17) is 90.7 Å². The zero-order chi connectivity index (χ0) is 111. The van der Waals surface area contributed by atoms with Crippen LogP contribution in [0.3, 0.4) is 0 Å². The number of Topliss-reactive ketones (excluding diaryl/α,β-unsaturated/α-hetero) is 1. The van der Waals surface area contributed by atoms with Crippen molar-refractivity contribution in [3.05, 3.63) is 287 Å². The van der Waals surface area contributed by atoms with E-state index >= 15 is 0 Å². The smallest absolute Gasteiger partial charge is 0.410 e. The van der Waals surface area contributed by atoms with E-state index in [0.717, 1.165) is 24.8 Å². The minimum atomic E-state index is -3.94. The van der Waals surface area contributed by atoms with Gasteiger partial charge in [0.2, 0.25) is 29.5 Å². The van der Waals surface area contributed by atoms with Gasteiger partial charge in [0.15, 0.2) is 64.8 Å². The molecule has 0 aromatic heterocycles. The van der Waals surface area contributed by atoms with Crippen LogP contribution in [-0.2, 0) is 123 Å². The monoisotopic (exact) mass is 2310 g/mol. The molecule has 0 radical (unpaired) electrons. The minimum Gasteiger partial charge on any atom is -0.444 e. The van der Waals surface area contributed by atoms with Gasteiger partial charge in [0.05, 0.1) is 30.2 Å². The van der Waals surface area contributed by atoms with E-state index in [1.54, 1.807) is 51.7 Å². The molecule has 9 aromatic rings. The molecule has 4 N–H and O–H groups in total. The summed E-state index contributed by atoms with van der Waals surface area (Å²) in [6.45, 7) is 27.5. The highest BCUT2D eigenvalue weighted by Crippen LogP contribution is 2.36. The van der Waals surface area contributed by atoms with Crippen molar-refractivity contribution < 1.29 is 102 Å². The second-order valence-electron chi connectivity index (χ2n) is 39.2. The Hall–Kier alpha value is -9.22. The van der Waals surface area contributed by atoms with E-state index in [-0.39, 0.29) is 121 Å². The summed E-state index contributed by atoms with van der Waals surface area (Å²) in [6, 6.07) is 56.9. The number of ketones is 1. The van der Waals surface area contributed by atoms with Crippen molar-refractivity contribution >= 4 is 182 Å². The van der Waals surface area contributed by atoms with Crippen LogP contribution in [0.25, 0.3) is 0 Å². The first-order valence-corrected chi connectivity index (χ1v) is 59.4. The predicted molar refractivity (Wildman–Crippen MR) is 583 cm³/mol. The van der Waals surface area contributed by atoms with Crippen molar-refractivity contribution in [1.82, 2.24) is 36.0 Å². The summed E-state index contributed by atoms with van der Waals surface area (Å²) in [7, 11) is -22.8. The summed E-state index contributed by atoms with van der Waals surface area (Å²) >= 11 is 40.8. The fourth-order valence-corrected chi connectivity index (χ4v) is 25.0. The molecule has 3 aliphatic rings. The second kappa shape index (κ2) is 54.5. The molecule has 9 aromatic carbocycles. The topological polar surface area (TPSA) is 401 Å². The summed E-state index contributed by atoms with van der Waals surface area (Å²) < 4.78 is 182. The Bertz CT molecular complexity index is 6630. The largest absolute Gasteiger partial charge is 0.444 e. The van der Waals surface area contributed by atoms with Crippen LogP contribution >= 0.6 is 81.2 Å². The van der Waals surface area contributed by atoms with Crippen LogP contribution < -0.4 is 21.3 Å².